The van der Waals surface area contributed by atoms with Crippen LogP contribution in [0.25, 0.3) is 0 Å². The van der Waals surface area contributed by atoms with Crippen molar-refractivity contribution < 1.29 is 9.13 Å². The largest absolute Gasteiger partial charge is 0.346 e. The molecule has 2 N–H and O–H groups in total. The lowest BCUT2D eigenvalue weighted by molar-refractivity contribution is 0.571. The van der Waals surface area contributed by atoms with Crippen LogP contribution in [0.5, 0.6) is 0 Å². The lowest BCUT2D eigenvalue weighted by Gasteiger charge is -2.40. The van der Waals surface area contributed by atoms with Crippen LogP contribution in [-0.4, -0.2) is 49.5 Å². The average Bonchev–Trinajstić information content (AvgIpc) is 1.82. The third-order valence-corrected chi connectivity index (χ3v) is 6.47. The van der Waals surface area contributed by atoms with E-state index in [9.17, 15) is 9.13 Å². The molecule has 0 aromatic heterocycles. The van der Waals surface area contributed by atoms with Gasteiger partial charge in [0, 0.05) is 4.80 Å². The Labute approximate surface area is 85.0 Å². The Hall–Kier alpha value is 0.745. The summed E-state index contributed by atoms with van der Waals surface area (Å²) in [5.41, 5.74) is 5.16. The third kappa shape index (κ3) is 2.84. The van der Waals surface area contributed by atoms with Crippen molar-refractivity contribution >= 4 is 51.9 Å². The summed E-state index contributed by atoms with van der Waals surface area (Å²) in [4.78, 5) is -1.98. The molecule has 0 bridgehead atoms. The second kappa shape index (κ2) is 4.09. The van der Waals surface area contributed by atoms with Crippen LogP contribution in [0.4, 0.5) is 0 Å². The molecule has 0 saturated heterocycles. The highest BCUT2D eigenvalue weighted by Gasteiger charge is 2.42. The molecule has 10 heteroatoms. The zero-order chi connectivity index (χ0) is 10.9. The van der Waals surface area contributed by atoms with Crippen molar-refractivity contribution in [2.45, 2.75) is 11.2 Å². The van der Waals surface area contributed by atoms with E-state index < -0.39 is 18.6 Å². The van der Waals surface area contributed by atoms with Crippen molar-refractivity contribution in [3.05, 3.63) is 0 Å². The van der Waals surface area contributed by atoms with Crippen molar-refractivity contribution in [3.8, 4) is 0 Å². The van der Waals surface area contributed by atoms with Gasteiger partial charge in [-0.1, -0.05) is 0 Å². The molecule has 10 radical (unpaired) electrons. The quantitative estimate of drug-likeness (QED) is 0.482. The molecule has 0 aromatic carbocycles. The molecule has 0 spiro atoms. The minimum absolute atomic E-state index is 0.00667. The van der Waals surface area contributed by atoms with Gasteiger partial charge in [0.25, 0.3) is 0 Å². The molecule has 0 aromatic rings. The Morgan fingerprint density at radius 3 is 1.46 bits per heavy atom. The molecule has 0 unspecified atom stereocenters. The highest BCUT2D eigenvalue weighted by Crippen LogP contribution is 2.67. The maximum atomic E-state index is 11.3. The van der Waals surface area contributed by atoms with Gasteiger partial charge in [0.15, 0.2) is 0 Å². The third-order valence-electron chi connectivity index (χ3n) is 1.72. The van der Waals surface area contributed by atoms with E-state index in [0.717, 1.165) is 0 Å². The minimum Gasteiger partial charge on any atom is -0.346 e. The zero-order valence-electron chi connectivity index (χ0n) is 7.09. The zero-order valence-corrected chi connectivity index (χ0v) is 8.88. The Kier molecular flexibility index (Phi) is 4.32. The van der Waals surface area contributed by atoms with Crippen molar-refractivity contribution in [3.63, 3.8) is 0 Å². The lowest BCUT2D eigenvalue weighted by Crippen LogP contribution is -2.33. The van der Waals surface area contributed by atoms with E-state index in [4.69, 9.17) is 43.8 Å². The minimum atomic E-state index is -3.84. The second-order valence-corrected chi connectivity index (χ2v) is 7.62. The summed E-state index contributed by atoms with van der Waals surface area (Å²) < 4.78 is 22.6. The smallest absolute Gasteiger partial charge is 0.149 e. The van der Waals surface area contributed by atoms with Crippen LogP contribution in [0, 0.1) is 0 Å². The first-order valence-electron chi connectivity index (χ1n) is 3.40. The van der Waals surface area contributed by atoms with Gasteiger partial charge in [-0.15, -0.1) is 0 Å². The SMILES string of the molecule is [B]C(CCN)(P([B])([B])=O)P([B])([B])=O. The Bertz CT molecular complexity index is 249. The molecule has 13 heavy (non-hydrogen) atoms. The van der Waals surface area contributed by atoms with Gasteiger partial charge in [-0.25, -0.2) is 0 Å². The summed E-state index contributed by atoms with van der Waals surface area (Å²) >= 11 is 0. The fourth-order valence-corrected chi connectivity index (χ4v) is 3.72. The molecule has 0 heterocycles. The summed E-state index contributed by atoms with van der Waals surface area (Å²) in [6.07, 6.45) is -0.151. The second-order valence-electron chi connectivity index (χ2n) is 2.84. The monoisotopic (exact) mass is 205 g/mol. The van der Waals surface area contributed by atoms with E-state index in [0.29, 0.717) is 0 Å². The Morgan fingerprint density at radius 2 is 1.38 bits per heavy atom. The van der Waals surface area contributed by atoms with E-state index in [1.54, 1.807) is 0 Å². The molecule has 0 amide bonds. The van der Waals surface area contributed by atoms with Crippen molar-refractivity contribution in [1.29, 1.82) is 0 Å². The van der Waals surface area contributed by atoms with E-state index >= 15 is 0 Å². The van der Waals surface area contributed by atoms with Gasteiger partial charge in [-0.05, 0) is 26.8 Å². The molecule has 0 saturated carbocycles. The van der Waals surface area contributed by atoms with Gasteiger partial charge >= 0.3 is 0 Å². The van der Waals surface area contributed by atoms with Gasteiger partial charge in [0.05, 0.1) is 7.85 Å². The maximum Gasteiger partial charge on any atom is 0.149 e. The Balaban J connectivity index is 5.22. The van der Waals surface area contributed by atoms with E-state index in [1.807, 2.05) is 0 Å². The first kappa shape index (κ1) is 13.7. The first-order chi connectivity index (χ1) is 5.56. The predicted molar refractivity (Wildman–Crippen MR) is 60.4 cm³/mol. The van der Waals surface area contributed by atoms with Crippen LogP contribution in [0.15, 0.2) is 0 Å². The average molecular weight is 204 g/mol. The molecule has 60 valence electrons. The predicted octanol–water partition coefficient (Wildman–Crippen LogP) is -0.782. The molecule has 3 nitrogen and oxygen atoms in total. The fraction of sp³-hybridized carbons (Fsp3) is 1.00. The molecule has 0 fully saturated rings. The summed E-state index contributed by atoms with van der Waals surface area (Å²) in [5, 5.41) is 0. The van der Waals surface area contributed by atoms with Gasteiger partial charge in [-0.3, -0.25) is 0 Å². The fourth-order valence-electron chi connectivity index (χ4n) is 0.806. The van der Waals surface area contributed by atoms with E-state index in [1.165, 1.54) is 0 Å². The van der Waals surface area contributed by atoms with E-state index in [-0.39, 0.29) is 13.0 Å². The topological polar surface area (TPSA) is 60.2 Å². The maximum absolute atomic E-state index is 11.3. The highest BCUT2D eigenvalue weighted by atomic mass is 31.2. The van der Waals surface area contributed by atoms with Crippen LogP contribution < -0.4 is 5.73 Å². The normalized spacial score (nSPS) is 14.2. The standard InChI is InChI=1S/C3H6B5NO2P2/c4-3(1-2-9,12(5,6)10)13(7,8)11/h1-2,9H2. The van der Waals surface area contributed by atoms with Gasteiger partial charge < -0.3 is 14.9 Å². The van der Waals surface area contributed by atoms with Crippen LogP contribution in [0.3, 0.4) is 0 Å². The van der Waals surface area contributed by atoms with Crippen LogP contribution in [-0.2, 0) is 9.13 Å². The Morgan fingerprint density at radius 1 is 1.08 bits per heavy atom. The van der Waals surface area contributed by atoms with Crippen molar-refractivity contribution in [2.24, 2.45) is 5.73 Å². The molecule has 0 atom stereocenters. The summed E-state index contributed by atoms with van der Waals surface area (Å²) in [6, 6.07) is 0. The van der Waals surface area contributed by atoms with Gasteiger partial charge in [-0.2, -0.15) is 0 Å². The summed E-state index contributed by atoms with van der Waals surface area (Å²) in [6.45, 7) is -7.69. The number of rotatable bonds is 4. The first-order valence-corrected chi connectivity index (χ1v) is 7.09. The number of hydrogen-bond acceptors (Lipinski definition) is 3. The summed E-state index contributed by atoms with van der Waals surface area (Å²) in [7, 11) is 25.9. The van der Waals surface area contributed by atoms with Crippen molar-refractivity contribution in [2.75, 3.05) is 6.54 Å². The van der Waals surface area contributed by atoms with Gasteiger partial charge in [0.2, 0.25) is 0 Å². The van der Waals surface area contributed by atoms with E-state index in [2.05, 4.69) is 0 Å². The molecule has 0 aliphatic carbocycles. The number of hydrogen-bond donors (Lipinski definition) is 1. The van der Waals surface area contributed by atoms with Crippen LogP contribution >= 0.6 is 13.8 Å². The van der Waals surface area contributed by atoms with Crippen molar-refractivity contribution in [1.82, 2.24) is 0 Å². The van der Waals surface area contributed by atoms with Crippen LogP contribution in [0.1, 0.15) is 6.42 Å². The van der Waals surface area contributed by atoms with Crippen LogP contribution in [0.2, 0.25) is 0 Å². The van der Waals surface area contributed by atoms with Gasteiger partial charge in [0.1, 0.15) is 30.3 Å². The molecular weight excluding hydrogens is 198 g/mol. The molecule has 0 rings (SSSR count). The summed E-state index contributed by atoms with van der Waals surface area (Å²) in [5.74, 6) is 0. The molecule has 0 aliphatic rings. The molecule has 0 aliphatic heterocycles. The molecular formula is C3H6B5NO2P2. The lowest BCUT2D eigenvalue weighted by atomic mass is 9.99. The highest BCUT2D eigenvalue weighted by molar-refractivity contribution is 8.21. The number of nitrogens with two attached hydrogens (primary N) is 1.